The summed E-state index contributed by atoms with van der Waals surface area (Å²) >= 11 is 0. The van der Waals surface area contributed by atoms with E-state index in [0.29, 0.717) is 12.6 Å². The predicted octanol–water partition coefficient (Wildman–Crippen LogP) is 4.15. The Morgan fingerprint density at radius 3 is 2.60 bits per heavy atom. The second kappa shape index (κ2) is 9.65. The van der Waals surface area contributed by atoms with Crippen LogP contribution in [0.3, 0.4) is 0 Å². The SMILES string of the molecule is CCCCCC(C)NCc1ccc(OCC)c(OC)c1. The van der Waals surface area contributed by atoms with Crippen molar-refractivity contribution in [1.29, 1.82) is 0 Å². The Labute approximate surface area is 123 Å². The fourth-order valence-corrected chi connectivity index (χ4v) is 2.19. The molecule has 0 aliphatic heterocycles. The number of ether oxygens (including phenoxy) is 2. The van der Waals surface area contributed by atoms with Crippen LogP contribution in [-0.2, 0) is 6.54 Å². The molecular formula is C17H29NO2. The maximum Gasteiger partial charge on any atom is 0.161 e. The molecule has 1 atom stereocenters. The van der Waals surface area contributed by atoms with E-state index < -0.39 is 0 Å². The Morgan fingerprint density at radius 1 is 1.15 bits per heavy atom. The fraction of sp³-hybridized carbons (Fsp3) is 0.647. The monoisotopic (exact) mass is 279 g/mol. The number of unbranched alkanes of at least 4 members (excludes halogenated alkanes) is 2. The smallest absolute Gasteiger partial charge is 0.161 e. The fourth-order valence-electron chi connectivity index (χ4n) is 2.19. The molecule has 1 unspecified atom stereocenters. The summed E-state index contributed by atoms with van der Waals surface area (Å²) in [4.78, 5) is 0. The highest BCUT2D eigenvalue weighted by Crippen LogP contribution is 2.28. The number of hydrogen-bond donors (Lipinski definition) is 1. The van der Waals surface area contributed by atoms with E-state index in [1.165, 1.54) is 31.2 Å². The van der Waals surface area contributed by atoms with Crippen LogP contribution in [0.15, 0.2) is 18.2 Å². The highest BCUT2D eigenvalue weighted by Gasteiger charge is 2.06. The number of benzene rings is 1. The van der Waals surface area contributed by atoms with Gasteiger partial charge >= 0.3 is 0 Å². The Balaban J connectivity index is 2.47. The van der Waals surface area contributed by atoms with Gasteiger partial charge in [-0.25, -0.2) is 0 Å². The number of rotatable bonds is 10. The molecule has 1 N–H and O–H groups in total. The minimum Gasteiger partial charge on any atom is -0.493 e. The van der Waals surface area contributed by atoms with Gasteiger partial charge in [-0.1, -0.05) is 32.3 Å². The van der Waals surface area contributed by atoms with Crippen molar-refractivity contribution >= 4 is 0 Å². The van der Waals surface area contributed by atoms with Crippen LogP contribution in [0.4, 0.5) is 0 Å². The molecule has 114 valence electrons. The summed E-state index contributed by atoms with van der Waals surface area (Å²) < 4.78 is 10.9. The van der Waals surface area contributed by atoms with Crippen molar-refractivity contribution in [3.05, 3.63) is 23.8 Å². The van der Waals surface area contributed by atoms with E-state index >= 15 is 0 Å². The zero-order valence-corrected chi connectivity index (χ0v) is 13.4. The van der Waals surface area contributed by atoms with Gasteiger partial charge in [-0.15, -0.1) is 0 Å². The molecule has 20 heavy (non-hydrogen) atoms. The second-order valence-electron chi connectivity index (χ2n) is 5.20. The van der Waals surface area contributed by atoms with E-state index in [1.807, 2.05) is 13.0 Å². The largest absolute Gasteiger partial charge is 0.493 e. The first-order valence-corrected chi connectivity index (χ1v) is 7.74. The van der Waals surface area contributed by atoms with Gasteiger partial charge in [-0.3, -0.25) is 0 Å². The lowest BCUT2D eigenvalue weighted by atomic mass is 10.1. The molecule has 0 aromatic heterocycles. The zero-order chi connectivity index (χ0) is 14.8. The van der Waals surface area contributed by atoms with Crippen molar-refractivity contribution in [2.45, 2.75) is 59.0 Å². The lowest BCUT2D eigenvalue weighted by molar-refractivity contribution is 0.310. The summed E-state index contributed by atoms with van der Waals surface area (Å²) in [5.74, 6) is 1.62. The minimum absolute atomic E-state index is 0.555. The Hall–Kier alpha value is -1.22. The molecule has 0 heterocycles. The average Bonchev–Trinajstić information content (AvgIpc) is 2.46. The van der Waals surface area contributed by atoms with Crippen LogP contribution >= 0.6 is 0 Å². The number of nitrogens with one attached hydrogen (secondary N) is 1. The van der Waals surface area contributed by atoms with Gasteiger partial charge in [0.25, 0.3) is 0 Å². The summed E-state index contributed by atoms with van der Waals surface area (Å²) in [6.45, 7) is 8.00. The van der Waals surface area contributed by atoms with Crippen molar-refractivity contribution in [2.24, 2.45) is 0 Å². The van der Waals surface area contributed by atoms with Gasteiger partial charge in [0.05, 0.1) is 13.7 Å². The molecule has 0 bridgehead atoms. The summed E-state index contributed by atoms with van der Waals surface area (Å²) in [6.07, 6.45) is 5.14. The molecule has 3 nitrogen and oxygen atoms in total. The van der Waals surface area contributed by atoms with E-state index in [-0.39, 0.29) is 0 Å². The molecule has 0 aliphatic carbocycles. The molecule has 0 saturated carbocycles. The van der Waals surface area contributed by atoms with Gasteiger partial charge in [0.2, 0.25) is 0 Å². The second-order valence-corrected chi connectivity index (χ2v) is 5.20. The third-order valence-corrected chi connectivity index (χ3v) is 3.42. The van der Waals surface area contributed by atoms with E-state index in [0.717, 1.165) is 18.0 Å². The van der Waals surface area contributed by atoms with Crippen molar-refractivity contribution in [1.82, 2.24) is 5.32 Å². The van der Waals surface area contributed by atoms with Crippen molar-refractivity contribution in [2.75, 3.05) is 13.7 Å². The highest BCUT2D eigenvalue weighted by atomic mass is 16.5. The molecule has 0 fully saturated rings. The van der Waals surface area contributed by atoms with Crippen LogP contribution < -0.4 is 14.8 Å². The summed E-state index contributed by atoms with van der Waals surface area (Å²) in [6, 6.07) is 6.69. The quantitative estimate of drug-likeness (QED) is 0.653. The van der Waals surface area contributed by atoms with Gasteiger partial charge in [-0.2, -0.15) is 0 Å². The highest BCUT2D eigenvalue weighted by molar-refractivity contribution is 5.42. The Bertz CT molecular complexity index is 379. The van der Waals surface area contributed by atoms with Gasteiger partial charge in [-0.05, 0) is 38.0 Å². The average molecular weight is 279 g/mol. The normalized spacial score (nSPS) is 12.2. The van der Waals surface area contributed by atoms with Crippen LogP contribution in [0.5, 0.6) is 11.5 Å². The maximum absolute atomic E-state index is 5.53. The minimum atomic E-state index is 0.555. The van der Waals surface area contributed by atoms with E-state index in [2.05, 4.69) is 31.3 Å². The van der Waals surface area contributed by atoms with E-state index in [1.54, 1.807) is 7.11 Å². The number of methoxy groups -OCH3 is 1. The number of hydrogen-bond acceptors (Lipinski definition) is 3. The van der Waals surface area contributed by atoms with Crippen LogP contribution in [0.1, 0.15) is 52.0 Å². The molecule has 3 heteroatoms. The first-order chi connectivity index (χ1) is 9.71. The predicted molar refractivity (Wildman–Crippen MR) is 84.6 cm³/mol. The van der Waals surface area contributed by atoms with Crippen LogP contribution in [0.25, 0.3) is 0 Å². The van der Waals surface area contributed by atoms with Gasteiger partial charge in [0, 0.05) is 12.6 Å². The van der Waals surface area contributed by atoms with Gasteiger partial charge in [0.1, 0.15) is 0 Å². The maximum atomic E-state index is 5.53. The summed E-state index contributed by atoms with van der Waals surface area (Å²) in [7, 11) is 1.68. The Kier molecular flexibility index (Phi) is 8.12. The molecule has 0 saturated heterocycles. The lowest BCUT2D eigenvalue weighted by Gasteiger charge is -2.15. The van der Waals surface area contributed by atoms with Crippen LogP contribution in [-0.4, -0.2) is 19.8 Å². The lowest BCUT2D eigenvalue weighted by Crippen LogP contribution is -2.25. The molecule has 0 radical (unpaired) electrons. The third-order valence-electron chi connectivity index (χ3n) is 3.42. The van der Waals surface area contributed by atoms with Crippen LogP contribution in [0, 0.1) is 0 Å². The van der Waals surface area contributed by atoms with Gasteiger partial charge in [0.15, 0.2) is 11.5 Å². The van der Waals surface area contributed by atoms with Crippen molar-refractivity contribution in [3.8, 4) is 11.5 Å². The molecule has 1 aromatic rings. The first-order valence-electron chi connectivity index (χ1n) is 7.74. The molecule has 0 aliphatic rings. The molecule has 0 amide bonds. The molecule has 1 aromatic carbocycles. The summed E-state index contributed by atoms with van der Waals surface area (Å²) in [5.41, 5.74) is 1.23. The van der Waals surface area contributed by atoms with E-state index in [9.17, 15) is 0 Å². The summed E-state index contributed by atoms with van der Waals surface area (Å²) in [5, 5.41) is 3.56. The first kappa shape index (κ1) is 16.8. The molecule has 1 rings (SSSR count). The Morgan fingerprint density at radius 2 is 1.95 bits per heavy atom. The molecule has 0 spiro atoms. The van der Waals surface area contributed by atoms with Crippen LogP contribution in [0.2, 0.25) is 0 Å². The topological polar surface area (TPSA) is 30.5 Å². The standard InChI is InChI=1S/C17H29NO2/c1-5-7-8-9-14(3)18-13-15-10-11-16(20-6-2)17(12-15)19-4/h10-12,14,18H,5-9,13H2,1-4H3. The third kappa shape index (κ3) is 5.83. The van der Waals surface area contributed by atoms with E-state index in [4.69, 9.17) is 9.47 Å². The van der Waals surface area contributed by atoms with Gasteiger partial charge < -0.3 is 14.8 Å². The zero-order valence-electron chi connectivity index (χ0n) is 13.4. The molecular weight excluding hydrogens is 250 g/mol. The van der Waals surface area contributed by atoms with Crippen molar-refractivity contribution < 1.29 is 9.47 Å². The van der Waals surface area contributed by atoms with Crippen molar-refractivity contribution in [3.63, 3.8) is 0 Å².